The molecule has 1 aliphatic rings. The molecule has 0 bridgehead atoms. The van der Waals surface area contributed by atoms with Crippen LogP contribution in [0.4, 0.5) is 5.95 Å². The molecule has 2 aromatic rings. The van der Waals surface area contributed by atoms with Crippen molar-refractivity contribution in [3.63, 3.8) is 0 Å². The topological polar surface area (TPSA) is 41.1 Å². The number of anilines is 1. The molecule has 0 saturated carbocycles. The standard InChI is InChI=1S/C20H27ClN4/c1-3-20(4-2,17-7-9-18(21)10-8-17)24-15-16-13-22-19(23-14-16)25-11-5-6-12-25/h7-10,13-14,24H,3-6,11-12,15H2,1-2H3. The number of rotatable bonds is 7. The van der Waals surface area contributed by atoms with E-state index >= 15 is 0 Å². The largest absolute Gasteiger partial charge is 0.341 e. The van der Waals surface area contributed by atoms with Crippen LogP contribution in [0.2, 0.25) is 5.02 Å². The van der Waals surface area contributed by atoms with Crippen molar-refractivity contribution in [1.29, 1.82) is 0 Å². The Kier molecular flexibility index (Phi) is 5.92. The van der Waals surface area contributed by atoms with Crippen LogP contribution in [0, 0.1) is 0 Å². The number of hydrogen-bond acceptors (Lipinski definition) is 4. The van der Waals surface area contributed by atoms with Gasteiger partial charge in [0, 0.05) is 48.2 Å². The van der Waals surface area contributed by atoms with Crippen LogP contribution in [0.3, 0.4) is 0 Å². The second kappa shape index (κ2) is 8.15. The van der Waals surface area contributed by atoms with Crippen molar-refractivity contribution in [1.82, 2.24) is 15.3 Å². The van der Waals surface area contributed by atoms with Crippen LogP contribution in [-0.2, 0) is 12.1 Å². The van der Waals surface area contributed by atoms with Crippen LogP contribution in [0.5, 0.6) is 0 Å². The summed E-state index contributed by atoms with van der Waals surface area (Å²) in [7, 11) is 0. The first kappa shape index (κ1) is 18.2. The van der Waals surface area contributed by atoms with E-state index in [0.29, 0.717) is 0 Å². The average molecular weight is 359 g/mol. The minimum atomic E-state index is -0.0573. The molecule has 0 unspecified atom stereocenters. The van der Waals surface area contributed by atoms with Gasteiger partial charge in [0.15, 0.2) is 0 Å². The van der Waals surface area contributed by atoms with Crippen LogP contribution in [0.1, 0.15) is 50.7 Å². The number of benzene rings is 1. The normalized spacial score (nSPS) is 14.9. The van der Waals surface area contributed by atoms with Crippen molar-refractivity contribution < 1.29 is 0 Å². The first-order valence-electron chi connectivity index (χ1n) is 9.24. The van der Waals surface area contributed by atoms with Gasteiger partial charge in [-0.15, -0.1) is 0 Å². The molecule has 3 rings (SSSR count). The molecule has 2 heterocycles. The highest BCUT2D eigenvalue weighted by atomic mass is 35.5. The van der Waals surface area contributed by atoms with Crippen molar-refractivity contribution >= 4 is 17.5 Å². The molecule has 134 valence electrons. The van der Waals surface area contributed by atoms with Crippen molar-refractivity contribution in [3.05, 3.63) is 52.8 Å². The summed E-state index contributed by atoms with van der Waals surface area (Å²) in [5, 5.41) is 4.51. The van der Waals surface area contributed by atoms with Crippen LogP contribution >= 0.6 is 11.6 Å². The summed E-state index contributed by atoms with van der Waals surface area (Å²) in [6, 6.07) is 8.17. The summed E-state index contributed by atoms with van der Waals surface area (Å²) in [6.07, 6.45) is 8.40. The van der Waals surface area contributed by atoms with Gasteiger partial charge in [0.05, 0.1) is 0 Å². The Balaban J connectivity index is 1.69. The number of hydrogen-bond donors (Lipinski definition) is 1. The minimum Gasteiger partial charge on any atom is -0.341 e. The molecule has 0 spiro atoms. The van der Waals surface area contributed by atoms with Gasteiger partial charge >= 0.3 is 0 Å². The maximum absolute atomic E-state index is 6.05. The van der Waals surface area contributed by atoms with Crippen molar-refractivity contribution in [2.45, 2.75) is 51.6 Å². The maximum atomic E-state index is 6.05. The van der Waals surface area contributed by atoms with Crippen LogP contribution in [0.15, 0.2) is 36.7 Å². The highest BCUT2D eigenvalue weighted by Crippen LogP contribution is 2.30. The van der Waals surface area contributed by atoms with E-state index in [-0.39, 0.29) is 5.54 Å². The zero-order valence-electron chi connectivity index (χ0n) is 15.1. The summed E-state index contributed by atoms with van der Waals surface area (Å²) in [5.41, 5.74) is 2.33. The van der Waals surface area contributed by atoms with Gasteiger partial charge in [-0.25, -0.2) is 9.97 Å². The van der Waals surface area contributed by atoms with Gasteiger partial charge in [-0.1, -0.05) is 37.6 Å². The second-order valence-electron chi connectivity index (χ2n) is 6.74. The molecule has 1 aliphatic heterocycles. The highest BCUT2D eigenvalue weighted by molar-refractivity contribution is 6.30. The third-order valence-corrected chi connectivity index (χ3v) is 5.57. The summed E-state index contributed by atoms with van der Waals surface area (Å²) in [5.74, 6) is 0.858. The monoisotopic (exact) mass is 358 g/mol. The molecule has 1 aromatic carbocycles. The zero-order valence-corrected chi connectivity index (χ0v) is 15.9. The van der Waals surface area contributed by atoms with Crippen LogP contribution < -0.4 is 10.2 Å². The summed E-state index contributed by atoms with van der Waals surface area (Å²) < 4.78 is 0. The quantitative estimate of drug-likeness (QED) is 0.789. The smallest absolute Gasteiger partial charge is 0.225 e. The number of nitrogens with zero attached hydrogens (tertiary/aromatic N) is 3. The van der Waals surface area contributed by atoms with Crippen molar-refractivity contribution in [2.75, 3.05) is 18.0 Å². The predicted molar refractivity (Wildman–Crippen MR) is 104 cm³/mol. The molecule has 0 atom stereocenters. The summed E-state index contributed by atoms with van der Waals surface area (Å²) in [6.45, 7) is 7.34. The van der Waals surface area contributed by atoms with Crippen LogP contribution in [0.25, 0.3) is 0 Å². The van der Waals surface area contributed by atoms with Gasteiger partial charge in [0.1, 0.15) is 0 Å². The Bertz CT molecular complexity index is 659. The first-order chi connectivity index (χ1) is 12.2. The molecule has 0 amide bonds. The predicted octanol–water partition coefficient (Wildman–Crippen LogP) is 4.54. The average Bonchev–Trinajstić information content (AvgIpc) is 3.19. The SMILES string of the molecule is CCC(CC)(NCc1cnc(N2CCCC2)nc1)c1ccc(Cl)cc1. The molecular formula is C20H27ClN4. The lowest BCUT2D eigenvalue weighted by atomic mass is 9.84. The van der Waals surface area contributed by atoms with Crippen LogP contribution in [-0.4, -0.2) is 23.1 Å². The molecule has 1 fully saturated rings. The Morgan fingerprint density at radius 1 is 1.04 bits per heavy atom. The fourth-order valence-electron chi connectivity index (χ4n) is 3.57. The van der Waals surface area contributed by atoms with Gasteiger partial charge in [0.25, 0.3) is 0 Å². The maximum Gasteiger partial charge on any atom is 0.225 e. The van der Waals surface area contributed by atoms with Gasteiger partial charge < -0.3 is 10.2 Å². The Morgan fingerprint density at radius 2 is 1.64 bits per heavy atom. The van der Waals surface area contributed by atoms with E-state index in [2.05, 4.69) is 46.2 Å². The first-order valence-corrected chi connectivity index (χ1v) is 9.61. The van der Waals surface area contributed by atoms with E-state index in [4.69, 9.17) is 11.6 Å². The van der Waals surface area contributed by atoms with Crippen molar-refractivity contribution in [2.24, 2.45) is 0 Å². The Labute approximate surface area is 155 Å². The second-order valence-corrected chi connectivity index (χ2v) is 7.17. The molecule has 1 aromatic heterocycles. The molecular weight excluding hydrogens is 332 g/mol. The van der Waals surface area contributed by atoms with E-state index in [1.165, 1.54) is 18.4 Å². The van der Waals surface area contributed by atoms with E-state index in [1.54, 1.807) is 0 Å². The van der Waals surface area contributed by atoms with Crippen molar-refractivity contribution in [3.8, 4) is 0 Å². The lowest BCUT2D eigenvalue weighted by Gasteiger charge is -2.34. The lowest BCUT2D eigenvalue weighted by Crippen LogP contribution is -2.41. The molecule has 1 saturated heterocycles. The third-order valence-electron chi connectivity index (χ3n) is 5.32. The van der Waals surface area contributed by atoms with E-state index < -0.39 is 0 Å². The van der Waals surface area contributed by atoms with Gasteiger partial charge in [-0.2, -0.15) is 0 Å². The molecule has 0 radical (unpaired) electrons. The molecule has 25 heavy (non-hydrogen) atoms. The molecule has 4 nitrogen and oxygen atoms in total. The molecule has 0 aliphatic carbocycles. The lowest BCUT2D eigenvalue weighted by molar-refractivity contribution is 0.305. The number of nitrogens with one attached hydrogen (secondary N) is 1. The number of halogens is 1. The van der Waals surface area contributed by atoms with Gasteiger partial charge in [-0.3, -0.25) is 0 Å². The Morgan fingerprint density at radius 3 is 2.20 bits per heavy atom. The fraction of sp³-hybridized carbons (Fsp3) is 0.500. The summed E-state index contributed by atoms with van der Waals surface area (Å²) >= 11 is 6.05. The highest BCUT2D eigenvalue weighted by Gasteiger charge is 2.27. The number of aromatic nitrogens is 2. The third kappa shape index (κ3) is 4.13. The minimum absolute atomic E-state index is 0.0573. The zero-order chi connectivity index (χ0) is 17.7. The van der Waals surface area contributed by atoms with E-state index in [9.17, 15) is 0 Å². The summed E-state index contributed by atoms with van der Waals surface area (Å²) in [4.78, 5) is 11.4. The van der Waals surface area contributed by atoms with E-state index in [1.807, 2.05) is 24.5 Å². The van der Waals surface area contributed by atoms with E-state index in [0.717, 1.165) is 49.0 Å². The Hall–Kier alpha value is -1.65. The molecule has 1 N–H and O–H groups in total. The fourth-order valence-corrected chi connectivity index (χ4v) is 3.70. The van der Waals surface area contributed by atoms with Gasteiger partial charge in [0.2, 0.25) is 5.95 Å². The van der Waals surface area contributed by atoms with Gasteiger partial charge in [-0.05, 0) is 43.4 Å². The molecule has 5 heteroatoms.